The Labute approximate surface area is 184 Å². The molecule has 0 aliphatic carbocycles. The highest BCUT2D eigenvalue weighted by molar-refractivity contribution is 7.20. The number of nitrogens with zero attached hydrogens (tertiary/aromatic N) is 3. The smallest absolute Gasteiger partial charge is 0.408 e. The van der Waals surface area contributed by atoms with Crippen LogP contribution < -0.4 is 11.1 Å². The van der Waals surface area contributed by atoms with Crippen LogP contribution in [0.1, 0.15) is 20.9 Å². The molecule has 0 saturated heterocycles. The summed E-state index contributed by atoms with van der Waals surface area (Å²) in [5.74, 6) is -0.957. The highest BCUT2D eigenvalue weighted by atomic mass is 32.1. The molecule has 11 heteroatoms. The Morgan fingerprint density at radius 1 is 1.25 bits per heavy atom. The number of likely N-dealkylation sites (N-methyl/N-ethyl adjacent to an activating group) is 1. The molecule has 0 saturated carbocycles. The molecule has 3 heterocycles. The van der Waals surface area contributed by atoms with Crippen LogP contribution in [0.25, 0.3) is 21.3 Å². The van der Waals surface area contributed by atoms with Crippen LogP contribution in [-0.4, -0.2) is 41.0 Å². The van der Waals surface area contributed by atoms with Gasteiger partial charge in [-0.25, -0.2) is 9.78 Å². The van der Waals surface area contributed by atoms with Gasteiger partial charge in [-0.1, -0.05) is 0 Å². The highest BCUT2D eigenvalue weighted by Crippen LogP contribution is 2.34. The summed E-state index contributed by atoms with van der Waals surface area (Å²) in [4.78, 5) is 31.0. The Kier molecular flexibility index (Phi) is 5.55. The van der Waals surface area contributed by atoms with Crippen LogP contribution in [0.15, 0.2) is 39.5 Å². The van der Waals surface area contributed by atoms with E-state index >= 15 is 0 Å². The van der Waals surface area contributed by atoms with Gasteiger partial charge in [0.15, 0.2) is 5.58 Å². The number of rotatable bonds is 5. The number of fused-ring (bicyclic) bond motifs is 2. The highest BCUT2D eigenvalue weighted by Gasteiger charge is 2.33. The van der Waals surface area contributed by atoms with E-state index in [1.54, 1.807) is 25.1 Å². The molecule has 1 N–H and O–H groups in total. The molecule has 0 aliphatic heterocycles. The number of hydrogen-bond donors (Lipinski definition) is 1. The second-order valence-corrected chi connectivity index (χ2v) is 8.56. The van der Waals surface area contributed by atoms with Crippen molar-refractivity contribution < 1.29 is 22.4 Å². The molecule has 168 valence electrons. The predicted molar refractivity (Wildman–Crippen MR) is 116 cm³/mol. The zero-order valence-electron chi connectivity index (χ0n) is 17.4. The van der Waals surface area contributed by atoms with Crippen LogP contribution in [0.2, 0.25) is 0 Å². The lowest BCUT2D eigenvalue weighted by Gasteiger charge is -2.10. The van der Waals surface area contributed by atoms with Crippen molar-refractivity contribution in [3.05, 3.63) is 57.0 Å². The summed E-state index contributed by atoms with van der Waals surface area (Å²) in [6, 6.07) is 7.06. The van der Waals surface area contributed by atoms with Crippen molar-refractivity contribution in [1.82, 2.24) is 14.5 Å². The van der Waals surface area contributed by atoms with Gasteiger partial charge < -0.3 is 14.6 Å². The van der Waals surface area contributed by atoms with Crippen LogP contribution in [0.5, 0.6) is 0 Å². The number of thiophene rings is 1. The van der Waals surface area contributed by atoms with Crippen molar-refractivity contribution in [2.45, 2.75) is 19.6 Å². The van der Waals surface area contributed by atoms with E-state index in [1.165, 1.54) is 10.6 Å². The summed E-state index contributed by atoms with van der Waals surface area (Å²) in [6.07, 6.45) is -4.56. The van der Waals surface area contributed by atoms with Crippen molar-refractivity contribution >= 4 is 44.2 Å². The van der Waals surface area contributed by atoms with Crippen molar-refractivity contribution in [1.29, 1.82) is 0 Å². The van der Waals surface area contributed by atoms with E-state index in [0.29, 0.717) is 40.8 Å². The Morgan fingerprint density at radius 2 is 2.00 bits per heavy atom. The molecule has 4 aromatic rings. The van der Waals surface area contributed by atoms with Gasteiger partial charge in [-0.15, -0.1) is 11.3 Å². The minimum absolute atomic E-state index is 0.144. The van der Waals surface area contributed by atoms with E-state index < -0.39 is 23.5 Å². The average molecular weight is 464 g/mol. The number of aromatic nitrogens is 2. The number of pyridine rings is 1. The number of aryl methyl sites for hydroxylation is 1. The van der Waals surface area contributed by atoms with Crippen molar-refractivity contribution in [3.63, 3.8) is 0 Å². The van der Waals surface area contributed by atoms with E-state index in [9.17, 15) is 22.8 Å². The molecule has 1 aromatic carbocycles. The fraction of sp³-hybridized carbons (Fsp3) is 0.286. The van der Waals surface area contributed by atoms with Gasteiger partial charge in [0.25, 0.3) is 5.91 Å². The number of alkyl halides is 3. The molecular weight excluding hydrogens is 445 g/mol. The van der Waals surface area contributed by atoms with E-state index in [-0.39, 0.29) is 9.71 Å². The van der Waals surface area contributed by atoms with Crippen molar-refractivity contribution in [3.8, 4) is 0 Å². The van der Waals surface area contributed by atoms with Gasteiger partial charge in [0.2, 0.25) is 0 Å². The van der Waals surface area contributed by atoms with Gasteiger partial charge in [0.05, 0.1) is 10.4 Å². The number of benzene rings is 1. The molecule has 3 aromatic heterocycles. The number of anilines is 1. The largest absolute Gasteiger partial charge is 0.433 e. The third-order valence-electron chi connectivity index (χ3n) is 5.00. The minimum Gasteiger partial charge on any atom is -0.408 e. The standard InChI is InChI=1S/C21H19F3N4O3S/c1-11-13-5-7-16(21(22,23)24)26-19(13)32-17(11)18(29)25-12-4-6-15-14(10-12)28(20(30)31-15)9-8-27(2)3/h4-7,10H,8-9H2,1-3H3,(H,25,29). The van der Waals surface area contributed by atoms with E-state index in [0.717, 1.165) is 17.4 Å². The molecule has 4 rings (SSSR count). The minimum atomic E-state index is -4.56. The van der Waals surface area contributed by atoms with Crippen molar-refractivity contribution in [2.24, 2.45) is 0 Å². The monoisotopic (exact) mass is 464 g/mol. The molecule has 32 heavy (non-hydrogen) atoms. The van der Waals surface area contributed by atoms with Crippen LogP contribution in [-0.2, 0) is 12.7 Å². The number of nitrogens with one attached hydrogen (secondary N) is 1. The fourth-order valence-corrected chi connectivity index (χ4v) is 4.39. The van der Waals surface area contributed by atoms with E-state index in [4.69, 9.17) is 4.42 Å². The molecule has 1 amide bonds. The SMILES string of the molecule is Cc1c(C(=O)Nc2ccc3oc(=O)n(CCN(C)C)c3c2)sc2nc(C(F)(F)F)ccc12. The molecule has 0 fully saturated rings. The van der Waals surface area contributed by atoms with Gasteiger partial charge in [0.1, 0.15) is 10.5 Å². The number of carbonyl (C=O) groups is 1. The molecule has 0 bridgehead atoms. The Hall–Kier alpha value is -3.18. The molecule has 0 radical (unpaired) electrons. The molecule has 0 aliphatic rings. The van der Waals surface area contributed by atoms with Crippen LogP contribution >= 0.6 is 11.3 Å². The summed E-state index contributed by atoms with van der Waals surface area (Å²) in [6.45, 7) is 2.71. The van der Waals surface area contributed by atoms with Gasteiger partial charge in [0, 0.05) is 24.2 Å². The summed E-state index contributed by atoms with van der Waals surface area (Å²) in [5, 5.41) is 3.25. The maximum Gasteiger partial charge on any atom is 0.433 e. The maximum atomic E-state index is 13.0. The zero-order valence-corrected chi connectivity index (χ0v) is 18.2. The summed E-state index contributed by atoms with van der Waals surface area (Å²) in [7, 11) is 3.78. The number of oxazole rings is 1. The van der Waals surface area contributed by atoms with Crippen molar-refractivity contribution in [2.75, 3.05) is 26.0 Å². The maximum absolute atomic E-state index is 13.0. The molecule has 0 spiro atoms. The number of carbonyl (C=O) groups excluding carboxylic acids is 1. The number of halogens is 3. The predicted octanol–water partition coefficient (Wildman–Crippen LogP) is 4.35. The van der Waals surface area contributed by atoms with E-state index in [2.05, 4.69) is 10.3 Å². The first-order chi connectivity index (χ1) is 15.0. The third-order valence-corrected chi connectivity index (χ3v) is 6.20. The number of amides is 1. The topological polar surface area (TPSA) is 80.4 Å². The quantitative estimate of drug-likeness (QED) is 0.475. The summed E-state index contributed by atoms with van der Waals surface area (Å²) in [5.41, 5.74) is 0.922. The van der Waals surface area contributed by atoms with Gasteiger partial charge >= 0.3 is 11.9 Å². The lowest BCUT2D eigenvalue weighted by atomic mass is 10.1. The summed E-state index contributed by atoms with van der Waals surface area (Å²) >= 11 is 0.901. The van der Waals surface area contributed by atoms with Crippen LogP contribution in [0, 0.1) is 6.92 Å². The lowest BCUT2D eigenvalue weighted by molar-refractivity contribution is -0.140. The molecule has 7 nitrogen and oxygen atoms in total. The molecular formula is C21H19F3N4O3S. The Balaban J connectivity index is 1.65. The Morgan fingerprint density at radius 3 is 2.69 bits per heavy atom. The molecule has 0 unspecified atom stereocenters. The molecule has 0 atom stereocenters. The zero-order chi connectivity index (χ0) is 23.2. The third kappa shape index (κ3) is 4.13. The lowest BCUT2D eigenvalue weighted by Crippen LogP contribution is -2.23. The van der Waals surface area contributed by atoms with Crippen LogP contribution in [0.3, 0.4) is 0 Å². The normalized spacial score (nSPS) is 12.2. The van der Waals surface area contributed by atoms with Gasteiger partial charge in [-0.05, 0) is 56.9 Å². The second kappa shape index (κ2) is 8.06. The second-order valence-electron chi connectivity index (χ2n) is 7.56. The van der Waals surface area contributed by atoms with E-state index in [1.807, 2.05) is 19.0 Å². The first-order valence-electron chi connectivity index (χ1n) is 9.61. The first-order valence-corrected chi connectivity index (χ1v) is 10.4. The van der Waals surface area contributed by atoms with Gasteiger partial charge in [-0.3, -0.25) is 9.36 Å². The number of hydrogen-bond acceptors (Lipinski definition) is 6. The average Bonchev–Trinajstić information content (AvgIpc) is 3.21. The Bertz CT molecular complexity index is 1380. The van der Waals surface area contributed by atoms with Crippen LogP contribution in [0.4, 0.5) is 18.9 Å². The summed E-state index contributed by atoms with van der Waals surface area (Å²) < 4.78 is 45.6. The fourth-order valence-electron chi connectivity index (χ4n) is 3.31. The van der Waals surface area contributed by atoms with Gasteiger partial charge in [-0.2, -0.15) is 13.2 Å². The first kappa shape index (κ1) is 22.0.